The molecule has 0 spiro atoms. The van der Waals surface area contributed by atoms with Gasteiger partial charge in [-0.3, -0.25) is 4.79 Å². The van der Waals surface area contributed by atoms with Crippen LogP contribution in [-0.2, 0) is 30.9 Å². The normalized spacial score (nSPS) is 15.0. The molecule has 9 nitrogen and oxygen atoms in total. The van der Waals surface area contributed by atoms with Crippen LogP contribution in [0.25, 0.3) is 6.08 Å². The molecule has 0 aliphatic carbocycles. The Kier molecular flexibility index (Phi) is 8.48. The highest BCUT2D eigenvalue weighted by Crippen LogP contribution is 2.20. The molecule has 2 heterocycles. The van der Waals surface area contributed by atoms with E-state index >= 15 is 0 Å². The Bertz CT molecular complexity index is 1250. The quantitative estimate of drug-likeness (QED) is 0.314. The molecule has 35 heavy (non-hydrogen) atoms. The summed E-state index contributed by atoms with van der Waals surface area (Å²) in [5, 5.41) is 9.46. The first-order valence-electron chi connectivity index (χ1n) is 11.5. The Morgan fingerprint density at radius 2 is 1.77 bits per heavy atom. The average Bonchev–Trinajstić information content (AvgIpc) is 3.13. The molecule has 1 fully saturated rings. The van der Waals surface area contributed by atoms with Crippen LogP contribution >= 0.6 is 0 Å². The number of hydrogen-bond acceptors (Lipinski definition) is 6. The fourth-order valence-electron chi connectivity index (χ4n) is 4.05. The Balaban J connectivity index is 1.57. The van der Waals surface area contributed by atoms with Gasteiger partial charge in [0.1, 0.15) is 11.6 Å². The van der Waals surface area contributed by atoms with Gasteiger partial charge < -0.3 is 14.2 Å². The molecule has 0 radical (unpaired) electrons. The zero-order valence-corrected chi connectivity index (χ0v) is 21.0. The minimum Gasteiger partial charge on any atom is -0.451 e. The standard InChI is InChI=1S/C25H30N4O5S/c1-4-10-29-19(2)15-21(20(29)3)16-22(17-26)25(31)34-18-24(30)27-11-13-28(14-12-27)35(32,33)23-8-6-5-7-9-23/h5-9,15-16H,4,10-14,18H2,1-3H3/b22-16+. The summed E-state index contributed by atoms with van der Waals surface area (Å²) in [4.78, 5) is 26.7. The second-order valence-electron chi connectivity index (χ2n) is 8.32. The highest BCUT2D eigenvalue weighted by Gasteiger charge is 2.30. The number of hydrogen-bond donors (Lipinski definition) is 0. The summed E-state index contributed by atoms with van der Waals surface area (Å²) in [5.41, 5.74) is 2.55. The van der Waals surface area contributed by atoms with Crippen molar-refractivity contribution in [3.05, 3.63) is 58.9 Å². The topological polar surface area (TPSA) is 113 Å². The number of amides is 1. The molecular formula is C25H30N4O5S. The molecule has 0 atom stereocenters. The fraction of sp³-hybridized carbons (Fsp3) is 0.400. The Morgan fingerprint density at radius 3 is 2.37 bits per heavy atom. The highest BCUT2D eigenvalue weighted by atomic mass is 32.2. The minimum atomic E-state index is -3.63. The van der Waals surface area contributed by atoms with E-state index in [4.69, 9.17) is 4.74 Å². The SMILES string of the molecule is CCCn1c(C)cc(/C=C(\C#N)C(=O)OCC(=O)N2CCN(S(=O)(=O)c3ccccc3)CC2)c1C. The number of carbonyl (C=O) groups is 2. The molecule has 0 N–H and O–H groups in total. The van der Waals surface area contributed by atoms with Gasteiger partial charge in [-0.15, -0.1) is 0 Å². The minimum absolute atomic E-state index is 0.146. The van der Waals surface area contributed by atoms with Crippen molar-refractivity contribution in [2.45, 2.75) is 38.6 Å². The van der Waals surface area contributed by atoms with Crippen LogP contribution in [0.5, 0.6) is 0 Å². The zero-order chi connectivity index (χ0) is 25.6. The molecule has 1 amide bonds. The second-order valence-corrected chi connectivity index (χ2v) is 10.3. The van der Waals surface area contributed by atoms with E-state index in [9.17, 15) is 23.3 Å². The predicted octanol–water partition coefficient (Wildman–Crippen LogP) is 2.50. The molecule has 0 bridgehead atoms. The fourth-order valence-corrected chi connectivity index (χ4v) is 5.49. The molecule has 1 aromatic carbocycles. The smallest absolute Gasteiger partial charge is 0.349 e. The Hall–Kier alpha value is -3.42. The van der Waals surface area contributed by atoms with Crippen LogP contribution in [0.2, 0.25) is 0 Å². The lowest BCUT2D eigenvalue weighted by Gasteiger charge is -2.33. The second kappa shape index (κ2) is 11.3. The molecule has 0 saturated carbocycles. The van der Waals surface area contributed by atoms with Crippen LogP contribution in [0.15, 0.2) is 46.9 Å². The van der Waals surface area contributed by atoms with Gasteiger partial charge in [-0.1, -0.05) is 25.1 Å². The summed E-state index contributed by atoms with van der Waals surface area (Å²) in [5.74, 6) is -1.31. The first-order valence-corrected chi connectivity index (χ1v) is 12.9. The van der Waals surface area contributed by atoms with Crippen molar-refractivity contribution in [3.63, 3.8) is 0 Å². The van der Waals surface area contributed by atoms with Crippen molar-refractivity contribution in [3.8, 4) is 6.07 Å². The van der Waals surface area contributed by atoms with Gasteiger partial charge in [-0.2, -0.15) is 9.57 Å². The Morgan fingerprint density at radius 1 is 1.11 bits per heavy atom. The molecular weight excluding hydrogens is 468 g/mol. The molecule has 1 aliphatic heterocycles. The molecule has 1 aliphatic rings. The van der Waals surface area contributed by atoms with Crippen LogP contribution in [0.1, 0.15) is 30.3 Å². The van der Waals surface area contributed by atoms with Gasteiger partial charge in [0.15, 0.2) is 6.61 Å². The highest BCUT2D eigenvalue weighted by molar-refractivity contribution is 7.89. The third-order valence-corrected chi connectivity index (χ3v) is 7.91. The van der Waals surface area contributed by atoms with Gasteiger partial charge >= 0.3 is 5.97 Å². The number of ether oxygens (including phenoxy) is 1. The van der Waals surface area contributed by atoms with E-state index in [2.05, 4.69) is 11.5 Å². The van der Waals surface area contributed by atoms with Gasteiger partial charge in [0.2, 0.25) is 10.0 Å². The lowest BCUT2D eigenvalue weighted by atomic mass is 10.1. The maximum Gasteiger partial charge on any atom is 0.349 e. The van der Waals surface area contributed by atoms with E-state index in [-0.39, 0.29) is 36.6 Å². The van der Waals surface area contributed by atoms with Crippen LogP contribution in [0.3, 0.4) is 0 Å². The van der Waals surface area contributed by atoms with Gasteiger partial charge in [-0.25, -0.2) is 13.2 Å². The summed E-state index contributed by atoms with van der Waals surface area (Å²) in [7, 11) is -3.63. The third kappa shape index (κ3) is 5.99. The van der Waals surface area contributed by atoms with E-state index in [1.54, 1.807) is 18.2 Å². The molecule has 10 heteroatoms. The van der Waals surface area contributed by atoms with Gasteiger partial charge in [-0.05, 0) is 50.1 Å². The first-order chi connectivity index (χ1) is 16.7. The van der Waals surface area contributed by atoms with E-state index < -0.39 is 28.5 Å². The molecule has 186 valence electrons. The number of sulfonamides is 1. The van der Waals surface area contributed by atoms with Crippen LogP contribution in [0, 0.1) is 25.2 Å². The summed E-state index contributed by atoms with van der Waals surface area (Å²) in [6, 6.07) is 11.9. The largest absolute Gasteiger partial charge is 0.451 e. The van der Waals surface area contributed by atoms with Gasteiger partial charge in [0.25, 0.3) is 5.91 Å². The number of benzene rings is 1. The molecule has 2 aromatic rings. The van der Waals surface area contributed by atoms with Crippen molar-refractivity contribution in [1.82, 2.24) is 13.8 Å². The van der Waals surface area contributed by atoms with Crippen LogP contribution in [-0.4, -0.2) is 66.9 Å². The summed E-state index contributed by atoms with van der Waals surface area (Å²) in [6.45, 7) is 6.96. The Labute approximate surface area is 206 Å². The molecule has 3 rings (SSSR count). The van der Waals surface area contributed by atoms with Crippen molar-refractivity contribution in [2.75, 3.05) is 32.8 Å². The summed E-state index contributed by atoms with van der Waals surface area (Å²) in [6.07, 6.45) is 2.44. The number of carbonyl (C=O) groups excluding carboxylic acids is 2. The van der Waals surface area contributed by atoms with Crippen molar-refractivity contribution < 1.29 is 22.7 Å². The van der Waals surface area contributed by atoms with Crippen molar-refractivity contribution >= 4 is 28.0 Å². The zero-order valence-electron chi connectivity index (χ0n) is 20.2. The third-order valence-electron chi connectivity index (χ3n) is 6.00. The number of aromatic nitrogens is 1. The number of esters is 1. The summed E-state index contributed by atoms with van der Waals surface area (Å²) < 4.78 is 34.0. The maximum atomic E-state index is 12.7. The first kappa shape index (κ1) is 26.2. The van der Waals surface area contributed by atoms with E-state index in [1.807, 2.05) is 26.0 Å². The molecule has 0 unspecified atom stereocenters. The lowest BCUT2D eigenvalue weighted by Crippen LogP contribution is -2.51. The van der Waals surface area contributed by atoms with E-state index in [0.29, 0.717) is 0 Å². The maximum absolute atomic E-state index is 12.7. The number of piperazine rings is 1. The average molecular weight is 499 g/mol. The van der Waals surface area contributed by atoms with Crippen LogP contribution in [0.4, 0.5) is 0 Å². The van der Waals surface area contributed by atoms with E-state index in [1.165, 1.54) is 27.4 Å². The molecule has 1 saturated heterocycles. The summed E-state index contributed by atoms with van der Waals surface area (Å²) >= 11 is 0. The number of nitriles is 1. The monoisotopic (exact) mass is 498 g/mol. The van der Waals surface area contributed by atoms with Crippen molar-refractivity contribution in [1.29, 1.82) is 5.26 Å². The number of nitrogens with zero attached hydrogens (tertiary/aromatic N) is 4. The predicted molar refractivity (Wildman–Crippen MR) is 131 cm³/mol. The lowest BCUT2D eigenvalue weighted by molar-refractivity contribution is -0.149. The number of rotatable bonds is 8. The van der Waals surface area contributed by atoms with Crippen LogP contribution < -0.4 is 0 Å². The number of aryl methyl sites for hydroxylation is 1. The van der Waals surface area contributed by atoms with Crippen molar-refractivity contribution in [2.24, 2.45) is 0 Å². The molecule has 1 aromatic heterocycles. The van der Waals surface area contributed by atoms with Gasteiger partial charge in [0.05, 0.1) is 4.90 Å². The van der Waals surface area contributed by atoms with Gasteiger partial charge in [0, 0.05) is 44.1 Å². The van der Waals surface area contributed by atoms with E-state index in [0.717, 1.165) is 29.9 Å².